The SMILES string of the molecule is Cn1ccnc1C(NS(=O)(=O)c1ccc(Cl)cc1C(F)(F)F)c1ccc(Cl)cc1. The molecular formula is C18H14Cl2F3N3O2S. The average Bonchev–Trinajstić information content (AvgIpc) is 3.05. The minimum atomic E-state index is -4.91. The largest absolute Gasteiger partial charge is 0.417 e. The molecule has 0 bridgehead atoms. The van der Waals surface area contributed by atoms with Crippen LogP contribution in [0.2, 0.25) is 10.0 Å². The Labute approximate surface area is 175 Å². The zero-order valence-electron chi connectivity index (χ0n) is 14.8. The van der Waals surface area contributed by atoms with Gasteiger partial charge in [-0.3, -0.25) is 0 Å². The monoisotopic (exact) mass is 463 g/mol. The van der Waals surface area contributed by atoms with Gasteiger partial charge in [0.25, 0.3) is 0 Å². The first-order chi connectivity index (χ1) is 13.5. The maximum atomic E-state index is 13.4. The molecule has 3 rings (SSSR count). The van der Waals surface area contributed by atoms with Gasteiger partial charge in [-0.25, -0.2) is 13.4 Å². The maximum absolute atomic E-state index is 13.4. The van der Waals surface area contributed by atoms with Crippen molar-refractivity contribution in [3.05, 3.63) is 81.9 Å². The fourth-order valence-corrected chi connectivity index (χ4v) is 4.45. The van der Waals surface area contributed by atoms with E-state index in [1.54, 1.807) is 42.1 Å². The van der Waals surface area contributed by atoms with Crippen LogP contribution in [-0.2, 0) is 23.2 Å². The zero-order chi connectivity index (χ0) is 21.4. The second kappa shape index (κ2) is 7.98. The molecule has 0 aliphatic carbocycles. The van der Waals surface area contributed by atoms with E-state index in [0.717, 1.165) is 12.1 Å². The number of halogens is 5. The number of rotatable bonds is 5. The predicted octanol–water partition coefficient (Wildman–Crippen LogP) is 4.81. The fraction of sp³-hybridized carbons (Fsp3) is 0.167. The number of sulfonamides is 1. The molecule has 0 fully saturated rings. The number of imidazole rings is 1. The number of nitrogens with one attached hydrogen (secondary N) is 1. The summed E-state index contributed by atoms with van der Waals surface area (Å²) in [6.45, 7) is 0. The molecule has 1 atom stereocenters. The molecule has 0 radical (unpaired) electrons. The van der Waals surface area contributed by atoms with Crippen molar-refractivity contribution >= 4 is 33.2 Å². The van der Waals surface area contributed by atoms with E-state index in [2.05, 4.69) is 9.71 Å². The quantitative estimate of drug-likeness (QED) is 0.590. The van der Waals surface area contributed by atoms with Crippen molar-refractivity contribution in [2.75, 3.05) is 0 Å². The summed E-state index contributed by atoms with van der Waals surface area (Å²) >= 11 is 11.5. The molecule has 0 aliphatic rings. The van der Waals surface area contributed by atoms with Crippen molar-refractivity contribution in [2.24, 2.45) is 7.05 Å². The zero-order valence-corrected chi connectivity index (χ0v) is 17.1. The lowest BCUT2D eigenvalue weighted by Gasteiger charge is -2.21. The van der Waals surface area contributed by atoms with Crippen LogP contribution in [0, 0.1) is 0 Å². The second-order valence-electron chi connectivity index (χ2n) is 6.14. The highest BCUT2D eigenvalue weighted by Crippen LogP contribution is 2.36. The van der Waals surface area contributed by atoms with E-state index in [9.17, 15) is 21.6 Å². The first-order valence-corrected chi connectivity index (χ1v) is 10.3. The maximum Gasteiger partial charge on any atom is 0.417 e. The van der Waals surface area contributed by atoms with Crippen LogP contribution in [-0.4, -0.2) is 18.0 Å². The molecule has 1 unspecified atom stereocenters. The molecule has 1 N–H and O–H groups in total. The van der Waals surface area contributed by atoms with E-state index < -0.39 is 32.7 Å². The van der Waals surface area contributed by atoms with Gasteiger partial charge in [0, 0.05) is 29.5 Å². The van der Waals surface area contributed by atoms with Crippen molar-refractivity contribution in [3.63, 3.8) is 0 Å². The summed E-state index contributed by atoms with van der Waals surface area (Å²) in [5.41, 5.74) is -0.901. The van der Waals surface area contributed by atoms with Crippen LogP contribution in [0.15, 0.2) is 59.8 Å². The molecule has 3 aromatic rings. The van der Waals surface area contributed by atoms with E-state index in [4.69, 9.17) is 23.2 Å². The third-order valence-corrected chi connectivity index (χ3v) is 6.10. The summed E-state index contributed by atoms with van der Waals surface area (Å²) in [7, 11) is -2.96. The molecule has 1 aromatic heterocycles. The molecule has 1 heterocycles. The lowest BCUT2D eigenvalue weighted by Crippen LogP contribution is -2.32. The Morgan fingerprint density at radius 2 is 1.69 bits per heavy atom. The molecule has 29 heavy (non-hydrogen) atoms. The standard InChI is InChI=1S/C18H14Cl2F3N3O2S/c1-26-9-8-24-17(26)16(11-2-4-12(19)5-3-11)25-29(27,28)15-7-6-13(20)10-14(15)18(21,22)23/h2-10,16,25H,1H3. The van der Waals surface area contributed by atoms with Crippen LogP contribution in [0.4, 0.5) is 13.2 Å². The molecule has 0 spiro atoms. The summed E-state index contributed by atoms with van der Waals surface area (Å²) in [5.74, 6) is 0.290. The van der Waals surface area contributed by atoms with Crippen molar-refractivity contribution in [3.8, 4) is 0 Å². The Bertz CT molecular complexity index is 1130. The molecule has 11 heteroatoms. The topological polar surface area (TPSA) is 64.0 Å². The van der Waals surface area contributed by atoms with Crippen molar-refractivity contribution in [1.29, 1.82) is 0 Å². The van der Waals surface area contributed by atoms with Gasteiger partial charge in [0.15, 0.2) is 0 Å². The lowest BCUT2D eigenvalue weighted by atomic mass is 10.1. The van der Waals surface area contributed by atoms with Gasteiger partial charge in [-0.05, 0) is 35.9 Å². The number of aromatic nitrogens is 2. The Hall–Kier alpha value is -2.07. The minimum absolute atomic E-state index is 0.227. The first kappa shape index (κ1) is 21.6. The second-order valence-corrected chi connectivity index (χ2v) is 8.70. The summed E-state index contributed by atoms with van der Waals surface area (Å²) in [5, 5.41) is 0.196. The molecule has 0 aliphatic heterocycles. The predicted molar refractivity (Wildman–Crippen MR) is 103 cm³/mol. The highest BCUT2D eigenvalue weighted by Gasteiger charge is 2.38. The normalized spacial score (nSPS) is 13.4. The smallest absolute Gasteiger partial charge is 0.336 e. The molecule has 0 amide bonds. The van der Waals surface area contributed by atoms with Gasteiger partial charge in [-0.1, -0.05) is 35.3 Å². The highest BCUT2D eigenvalue weighted by molar-refractivity contribution is 7.89. The third kappa shape index (κ3) is 4.75. The van der Waals surface area contributed by atoms with Crippen LogP contribution in [0.5, 0.6) is 0 Å². The Kier molecular flexibility index (Phi) is 5.96. The van der Waals surface area contributed by atoms with E-state index in [1.807, 2.05) is 0 Å². The van der Waals surface area contributed by atoms with Crippen LogP contribution in [0.1, 0.15) is 23.0 Å². The average molecular weight is 464 g/mol. The van der Waals surface area contributed by atoms with Gasteiger partial charge < -0.3 is 4.57 Å². The van der Waals surface area contributed by atoms with Crippen molar-refractivity contribution < 1.29 is 21.6 Å². The number of aryl methyl sites for hydroxylation is 1. The summed E-state index contributed by atoms with van der Waals surface area (Å²) < 4.78 is 70.0. The molecular weight excluding hydrogens is 450 g/mol. The van der Waals surface area contributed by atoms with Crippen molar-refractivity contribution in [1.82, 2.24) is 14.3 Å². The number of benzene rings is 2. The van der Waals surface area contributed by atoms with E-state index in [-0.39, 0.29) is 5.02 Å². The lowest BCUT2D eigenvalue weighted by molar-refractivity contribution is -0.139. The Balaban J connectivity index is 2.11. The summed E-state index contributed by atoms with van der Waals surface area (Å²) in [4.78, 5) is 3.21. The van der Waals surface area contributed by atoms with Gasteiger partial charge in [0.05, 0.1) is 10.5 Å². The van der Waals surface area contributed by atoms with Gasteiger partial charge in [-0.2, -0.15) is 17.9 Å². The Morgan fingerprint density at radius 3 is 2.24 bits per heavy atom. The Morgan fingerprint density at radius 1 is 1.07 bits per heavy atom. The molecule has 5 nitrogen and oxygen atoms in total. The van der Waals surface area contributed by atoms with Crippen LogP contribution in [0.25, 0.3) is 0 Å². The molecule has 0 saturated carbocycles. The number of nitrogens with zero attached hydrogens (tertiary/aromatic N) is 2. The number of alkyl halides is 3. The number of hydrogen-bond donors (Lipinski definition) is 1. The van der Waals surface area contributed by atoms with Crippen molar-refractivity contribution in [2.45, 2.75) is 17.1 Å². The number of hydrogen-bond acceptors (Lipinski definition) is 3. The van der Waals surface area contributed by atoms with E-state index >= 15 is 0 Å². The molecule has 0 saturated heterocycles. The van der Waals surface area contributed by atoms with Gasteiger partial charge >= 0.3 is 6.18 Å². The summed E-state index contributed by atoms with van der Waals surface area (Å²) in [6.07, 6.45) is -1.86. The van der Waals surface area contributed by atoms with Crippen LogP contribution >= 0.6 is 23.2 Å². The fourth-order valence-electron chi connectivity index (χ4n) is 2.76. The highest BCUT2D eigenvalue weighted by atomic mass is 35.5. The van der Waals surface area contributed by atoms with Gasteiger partial charge in [0.1, 0.15) is 11.9 Å². The minimum Gasteiger partial charge on any atom is -0.336 e. The van der Waals surface area contributed by atoms with Gasteiger partial charge in [0.2, 0.25) is 10.0 Å². The van der Waals surface area contributed by atoms with Crippen LogP contribution in [0.3, 0.4) is 0 Å². The molecule has 2 aromatic carbocycles. The van der Waals surface area contributed by atoms with Crippen LogP contribution < -0.4 is 4.72 Å². The third-order valence-electron chi connectivity index (χ3n) is 4.13. The first-order valence-electron chi connectivity index (χ1n) is 8.11. The van der Waals surface area contributed by atoms with E-state index in [1.165, 1.54) is 6.20 Å². The summed E-state index contributed by atoms with van der Waals surface area (Å²) in [6, 6.07) is 7.67. The molecule has 154 valence electrons. The van der Waals surface area contributed by atoms with Gasteiger partial charge in [-0.15, -0.1) is 0 Å². The van der Waals surface area contributed by atoms with E-state index in [0.29, 0.717) is 22.5 Å².